The van der Waals surface area contributed by atoms with Gasteiger partial charge in [-0.15, -0.1) is 0 Å². The van der Waals surface area contributed by atoms with Crippen LogP contribution in [0, 0.1) is 10.1 Å². The van der Waals surface area contributed by atoms with Crippen molar-refractivity contribution in [3.63, 3.8) is 0 Å². The molecule has 0 aliphatic rings. The van der Waals surface area contributed by atoms with Crippen molar-refractivity contribution in [2.45, 2.75) is 27.0 Å². The molecule has 0 saturated heterocycles. The van der Waals surface area contributed by atoms with Crippen LogP contribution in [0.1, 0.15) is 25.0 Å². The van der Waals surface area contributed by atoms with Gasteiger partial charge in [0.2, 0.25) is 0 Å². The van der Waals surface area contributed by atoms with Gasteiger partial charge in [0, 0.05) is 29.8 Å². The first-order valence-electron chi connectivity index (χ1n) is 8.07. The van der Waals surface area contributed by atoms with Crippen molar-refractivity contribution in [2.75, 3.05) is 13.2 Å². The number of nitrogens with one attached hydrogen (secondary N) is 1. The van der Waals surface area contributed by atoms with E-state index in [1.807, 2.05) is 19.9 Å². The summed E-state index contributed by atoms with van der Waals surface area (Å²) in [6.07, 6.45) is 0. The predicted octanol–water partition coefficient (Wildman–Crippen LogP) is 4.34. The van der Waals surface area contributed by atoms with Crippen LogP contribution in [0.5, 0.6) is 11.5 Å². The summed E-state index contributed by atoms with van der Waals surface area (Å²) in [5.74, 6) is 1.17. The number of ether oxygens (including phenoxy) is 2. The van der Waals surface area contributed by atoms with Gasteiger partial charge >= 0.3 is 0 Å². The number of hydrogen-bond acceptors (Lipinski definition) is 5. The number of rotatable bonds is 9. The van der Waals surface area contributed by atoms with Gasteiger partial charge in [-0.2, -0.15) is 0 Å². The number of benzene rings is 2. The first kappa shape index (κ1) is 19.0. The fourth-order valence-corrected chi connectivity index (χ4v) is 2.45. The predicted molar refractivity (Wildman–Crippen MR) is 97.4 cm³/mol. The second-order valence-electron chi connectivity index (χ2n) is 5.32. The Bertz CT molecular complexity index is 720. The van der Waals surface area contributed by atoms with Gasteiger partial charge < -0.3 is 14.8 Å². The van der Waals surface area contributed by atoms with Gasteiger partial charge in [-0.25, -0.2) is 0 Å². The molecule has 1 N–H and O–H groups in total. The molecule has 0 unspecified atom stereocenters. The van der Waals surface area contributed by atoms with E-state index < -0.39 is 4.92 Å². The molecule has 0 amide bonds. The molecule has 2 aromatic carbocycles. The van der Waals surface area contributed by atoms with E-state index in [9.17, 15) is 10.1 Å². The smallest absolute Gasteiger partial charge is 0.269 e. The first-order chi connectivity index (χ1) is 12.0. The monoisotopic (exact) mass is 364 g/mol. The third-order valence-corrected chi connectivity index (χ3v) is 3.87. The van der Waals surface area contributed by atoms with Gasteiger partial charge in [0.25, 0.3) is 5.69 Å². The normalized spacial score (nSPS) is 10.5. The quantitative estimate of drug-likeness (QED) is 0.529. The molecule has 25 heavy (non-hydrogen) atoms. The van der Waals surface area contributed by atoms with E-state index in [1.165, 1.54) is 12.1 Å². The van der Waals surface area contributed by atoms with Crippen LogP contribution in [-0.2, 0) is 13.2 Å². The van der Waals surface area contributed by atoms with E-state index in [0.29, 0.717) is 29.7 Å². The molecule has 0 radical (unpaired) electrons. The average molecular weight is 365 g/mol. The summed E-state index contributed by atoms with van der Waals surface area (Å²) < 4.78 is 11.5. The number of nitro groups is 1. The van der Waals surface area contributed by atoms with E-state index in [-0.39, 0.29) is 12.3 Å². The van der Waals surface area contributed by atoms with Crippen LogP contribution in [0.4, 0.5) is 5.69 Å². The zero-order chi connectivity index (χ0) is 18.2. The van der Waals surface area contributed by atoms with Crippen LogP contribution in [0.3, 0.4) is 0 Å². The minimum Gasteiger partial charge on any atom is -0.490 e. The molecule has 134 valence electrons. The lowest BCUT2D eigenvalue weighted by atomic mass is 10.2. The molecule has 0 bridgehead atoms. The molecular weight excluding hydrogens is 344 g/mol. The lowest BCUT2D eigenvalue weighted by molar-refractivity contribution is -0.384. The Morgan fingerprint density at radius 3 is 2.40 bits per heavy atom. The average Bonchev–Trinajstić information content (AvgIpc) is 2.61. The van der Waals surface area contributed by atoms with Gasteiger partial charge in [0.05, 0.1) is 11.5 Å². The molecule has 0 heterocycles. The van der Waals surface area contributed by atoms with E-state index in [0.717, 1.165) is 17.7 Å². The van der Waals surface area contributed by atoms with Crippen molar-refractivity contribution in [1.29, 1.82) is 0 Å². The zero-order valence-electron chi connectivity index (χ0n) is 14.3. The number of non-ortho nitro benzene ring substituents is 1. The van der Waals surface area contributed by atoms with Gasteiger partial charge in [-0.3, -0.25) is 10.1 Å². The summed E-state index contributed by atoms with van der Waals surface area (Å²) in [5, 5.41) is 14.5. The Kier molecular flexibility index (Phi) is 7.03. The molecule has 0 aromatic heterocycles. The van der Waals surface area contributed by atoms with E-state index in [1.54, 1.807) is 18.2 Å². The number of hydrogen-bond donors (Lipinski definition) is 1. The van der Waals surface area contributed by atoms with Crippen LogP contribution < -0.4 is 14.8 Å². The molecule has 2 aromatic rings. The molecule has 0 fully saturated rings. The molecule has 0 spiro atoms. The Morgan fingerprint density at radius 2 is 1.80 bits per heavy atom. The highest BCUT2D eigenvalue weighted by Crippen LogP contribution is 2.34. The van der Waals surface area contributed by atoms with Crippen LogP contribution in [0.15, 0.2) is 36.4 Å². The SMILES string of the molecule is CCNCc1cc(OCC)c(OCc2ccc([N+](=O)[O-])cc2)cc1Cl. The Labute approximate surface area is 151 Å². The lowest BCUT2D eigenvalue weighted by Gasteiger charge is -2.15. The van der Waals surface area contributed by atoms with Crippen molar-refractivity contribution < 1.29 is 14.4 Å². The van der Waals surface area contributed by atoms with Crippen LogP contribution in [0.2, 0.25) is 5.02 Å². The molecule has 2 rings (SSSR count). The third kappa shape index (κ3) is 5.34. The summed E-state index contributed by atoms with van der Waals surface area (Å²) in [6.45, 7) is 6.20. The van der Waals surface area contributed by atoms with Crippen molar-refractivity contribution >= 4 is 17.3 Å². The maximum Gasteiger partial charge on any atom is 0.269 e. The highest BCUT2D eigenvalue weighted by molar-refractivity contribution is 6.31. The number of halogens is 1. The Balaban J connectivity index is 2.14. The van der Waals surface area contributed by atoms with Crippen LogP contribution >= 0.6 is 11.6 Å². The van der Waals surface area contributed by atoms with Gasteiger partial charge in [0.15, 0.2) is 11.5 Å². The largest absolute Gasteiger partial charge is 0.490 e. The fourth-order valence-electron chi connectivity index (χ4n) is 2.23. The summed E-state index contributed by atoms with van der Waals surface area (Å²) in [4.78, 5) is 10.3. The molecule has 0 atom stereocenters. The van der Waals surface area contributed by atoms with E-state index in [2.05, 4.69) is 5.32 Å². The highest BCUT2D eigenvalue weighted by Gasteiger charge is 2.12. The minimum atomic E-state index is -0.430. The topological polar surface area (TPSA) is 73.6 Å². The second kappa shape index (κ2) is 9.25. The van der Waals surface area contributed by atoms with Crippen molar-refractivity contribution in [2.24, 2.45) is 0 Å². The molecular formula is C18H21ClN2O4. The lowest BCUT2D eigenvalue weighted by Crippen LogP contribution is -2.12. The molecule has 0 saturated carbocycles. The van der Waals surface area contributed by atoms with Crippen molar-refractivity contribution in [3.8, 4) is 11.5 Å². The standard InChI is InChI=1S/C18H21ClN2O4/c1-3-20-11-14-9-17(24-4-2)18(10-16(14)19)25-12-13-5-7-15(8-6-13)21(22)23/h5-10,20H,3-4,11-12H2,1-2H3. The minimum absolute atomic E-state index is 0.0505. The Morgan fingerprint density at radius 1 is 1.12 bits per heavy atom. The second-order valence-corrected chi connectivity index (χ2v) is 5.72. The Hall–Kier alpha value is -2.31. The van der Waals surface area contributed by atoms with E-state index >= 15 is 0 Å². The van der Waals surface area contributed by atoms with Crippen LogP contribution in [0.25, 0.3) is 0 Å². The molecule has 7 heteroatoms. The number of nitrogens with zero attached hydrogens (tertiary/aromatic N) is 1. The molecule has 6 nitrogen and oxygen atoms in total. The van der Waals surface area contributed by atoms with E-state index in [4.69, 9.17) is 21.1 Å². The maximum absolute atomic E-state index is 10.7. The van der Waals surface area contributed by atoms with Gasteiger partial charge in [-0.05, 0) is 42.8 Å². The fraction of sp³-hybridized carbons (Fsp3) is 0.333. The first-order valence-corrected chi connectivity index (χ1v) is 8.45. The summed E-state index contributed by atoms with van der Waals surface area (Å²) in [6, 6.07) is 9.85. The zero-order valence-corrected chi connectivity index (χ0v) is 15.0. The van der Waals surface area contributed by atoms with Crippen LogP contribution in [-0.4, -0.2) is 18.1 Å². The van der Waals surface area contributed by atoms with Crippen molar-refractivity contribution in [3.05, 3.63) is 62.7 Å². The summed E-state index contributed by atoms with van der Waals surface area (Å²) in [7, 11) is 0. The summed E-state index contributed by atoms with van der Waals surface area (Å²) in [5.41, 5.74) is 1.81. The van der Waals surface area contributed by atoms with Crippen molar-refractivity contribution in [1.82, 2.24) is 5.32 Å². The third-order valence-electron chi connectivity index (χ3n) is 3.52. The van der Waals surface area contributed by atoms with Gasteiger partial charge in [-0.1, -0.05) is 18.5 Å². The molecule has 0 aliphatic carbocycles. The van der Waals surface area contributed by atoms with Gasteiger partial charge in [0.1, 0.15) is 6.61 Å². The maximum atomic E-state index is 10.7. The highest BCUT2D eigenvalue weighted by atomic mass is 35.5. The summed E-state index contributed by atoms with van der Waals surface area (Å²) >= 11 is 6.32. The number of nitro benzene ring substituents is 1. The molecule has 0 aliphatic heterocycles.